The van der Waals surface area contributed by atoms with Gasteiger partial charge >= 0.3 is 0 Å². The maximum Gasteiger partial charge on any atom is 0.241 e. The summed E-state index contributed by atoms with van der Waals surface area (Å²) in [6.07, 6.45) is 0.766. The Bertz CT molecular complexity index is 475. The van der Waals surface area contributed by atoms with E-state index in [1.54, 1.807) is 24.3 Å². The van der Waals surface area contributed by atoms with Crippen LogP contribution in [0.25, 0.3) is 0 Å². The predicted octanol–water partition coefficient (Wildman–Crippen LogP) is 2.12. The number of hydrogen-bond donors (Lipinski definition) is 2. The van der Waals surface area contributed by atoms with Crippen molar-refractivity contribution in [2.75, 3.05) is 13.1 Å². The van der Waals surface area contributed by atoms with Crippen LogP contribution in [0.3, 0.4) is 0 Å². The van der Waals surface area contributed by atoms with Gasteiger partial charge in [0.1, 0.15) is 0 Å². The number of sulfonamides is 1. The van der Waals surface area contributed by atoms with Crippen molar-refractivity contribution in [2.45, 2.75) is 31.2 Å². The molecule has 0 unspecified atom stereocenters. The van der Waals surface area contributed by atoms with E-state index in [0.717, 1.165) is 13.0 Å². The average Bonchev–Trinajstić information content (AvgIpc) is 2.28. The Hall–Kier alpha value is -0.430. The fourth-order valence-corrected chi connectivity index (χ4v) is 3.50. The molecule has 1 aromatic carbocycles. The van der Waals surface area contributed by atoms with Crippen molar-refractivity contribution in [3.8, 4) is 0 Å². The van der Waals surface area contributed by atoms with E-state index in [1.807, 2.05) is 0 Å². The van der Waals surface area contributed by atoms with Gasteiger partial charge in [0, 0.05) is 17.1 Å². The lowest BCUT2D eigenvalue weighted by Crippen LogP contribution is -2.29. The van der Waals surface area contributed by atoms with Gasteiger partial charge in [0.15, 0.2) is 0 Å². The molecule has 0 atom stereocenters. The third-order valence-corrected chi connectivity index (χ3v) is 4.80. The van der Waals surface area contributed by atoms with Crippen LogP contribution >= 0.6 is 15.9 Å². The molecule has 4 nitrogen and oxygen atoms in total. The molecule has 0 heterocycles. The van der Waals surface area contributed by atoms with Crippen LogP contribution in [0.2, 0.25) is 0 Å². The lowest BCUT2D eigenvalue weighted by Gasteiger charge is -2.10. The third kappa shape index (κ3) is 5.06. The fraction of sp³-hybridized carbons (Fsp3) is 0.500. The summed E-state index contributed by atoms with van der Waals surface area (Å²) in [6, 6.07) is 7.22. The smallest absolute Gasteiger partial charge is 0.241 e. The molecule has 102 valence electrons. The Labute approximate surface area is 117 Å². The predicted molar refractivity (Wildman–Crippen MR) is 77.1 cm³/mol. The highest BCUT2D eigenvalue weighted by atomic mass is 79.9. The normalized spacial score (nSPS) is 12.0. The van der Waals surface area contributed by atoms with E-state index >= 15 is 0 Å². The van der Waals surface area contributed by atoms with Crippen LogP contribution in [0.4, 0.5) is 0 Å². The number of hydrogen-bond acceptors (Lipinski definition) is 3. The number of halogens is 1. The first-order valence-corrected chi connectivity index (χ1v) is 8.18. The largest absolute Gasteiger partial charge is 0.314 e. The first-order chi connectivity index (χ1) is 8.43. The topological polar surface area (TPSA) is 58.2 Å². The van der Waals surface area contributed by atoms with E-state index < -0.39 is 10.0 Å². The quantitative estimate of drug-likeness (QED) is 0.751. The molecule has 0 aliphatic heterocycles. The highest BCUT2D eigenvalue weighted by Crippen LogP contribution is 2.20. The van der Waals surface area contributed by atoms with Gasteiger partial charge in [0.2, 0.25) is 10.0 Å². The highest BCUT2D eigenvalue weighted by molar-refractivity contribution is 9.10. The van der Waals surface area contributed by atoms with Crippen LogP contribution in [-0.4, -0.2) is 27.5 Å². The van der Waals surface area contributed by atoms with E-state index in [1.165, 1.54) is 0 Å². The Balaban J connectivity index is 2.49. The van der Waals surface area contributed by atoms with Crippen LogP contribution in [0.1, 0.15) is 20.3 Å². The standard InChI is InChI=1S/C12H19BrN2O2S/c1-10(2)14-8-5-9-15-18(16,17)12-7-4-3-6-11(12)13/h3-4,6-7,10,14-15H,5,8-9H2,1-2H3. The van der Waals surface area contributed by atoms with E-state index in [0.29, 0.717) is 17.1 Å². The van der Waals surface area contributed by atoms with E-state index in [9.17, 15) is 8.42 Å². The molecule has 0 bridgehead atoms. The molecule has 0 radical (unpaired) electrons. The van der Waals surface area contributed by atoms with E-state index in [4.69, 9.17) is 0 Å². The summed E-state index contributed by atoms with van der Waals surface area (Å²) in [5, 5.41) is 3.24. The van der Waals surface area contributed by atoms with Gasteiger partial charge < -0.3 is 5.32 Å². The second kappa shape index (κ2) is 7.23. The molecule has 1 aromatic rings. The van der Waals surface area contributed by atoms with Crippen molar-refractivity contribution in [3.05, 3.63) is 28.7 Å². The molecule has 0 aromatic heterocycles. The Kier molecular flexibility index (Phi) is 6.28. The first kappa shape index (κ1) is 15.6. The molecule has 0 saturated heterocycles. The zero-order valence-electron chi connectivity index (χ0n) is 10.6. The van der Waals surface area contributed by atoms with Gasteiger partial charge in [0.05, 0.1) is 4.90 Å². The molecule has 1 rings (SSSR count). The van der Waals surface area contributed by atoms with Gasteiger partial charge in [-0.1, -0.05) is 26.0 Å². The summed E-state index contributed by atoms with van der Waals surface area (Å²) in [7, 11) is -3.42. The van der Waals surface area contributed by atoms with Crippen molar-refractivity contribution in [1.29, 1.82) is 0 Å². The summed E-state index contributed by atoms with van der Waals surface area (Å²) >= 11 is 3.24. The minimum atomic E-state index is -3.42. The molecule has 6 heteroatoms. The lowest BCUT2D eigenvalue weighted by atomic mass is 10.3. The molecule has 0 aliphatic rings. The Morgan fingerprint density at radius 1 is 1.22 bits per heavy atom. The number of rotatable bonds is 7. The highest BCUT2D eigenvalue weighted by Gasteiger charge is 2.15. The van der Waals surface area contributed by atoms with E-state index in [2.05, 4.69) is 39.8 Å². The molecule has 0 aliphatic carbocycles. The maximum atomic E-state index is 12.0. The van der Waals surface area contributed by atoms with E-state index in [-0.39, 0.29) is 4.90 Å². The van der Waals surface area contributed by atoms with Crippen molar-refractivity contribution < 1.29 is 8.42 Å². The number of nitrogens with one attached hydrogen (secondary N) is 2. The fourth-order valence-electron chi connectivity index (χ4n) is 1.43. The molecule has 2 N–H and O–H groups in total. The second-order valence-corrected chi connectivity index (χ2v) is 6.88. The lowest BCUT2D eigenvalue weighted by molar-refractivity contribution is 0.554. The van der Waals surface area contributed by atoms with Crippen molar-refractivity contribution in [3.63, 3.8) is 0 Å². The minimum Gasteiger partial charge on any atom is -0.314 e. The zero-order chi connectivity index (χ0) is 13.6. The van der Waals surface area contributed by atoms with Crippen LogP contribution in [0.15, 0.2) is 33.6 Å². The monoisotopic (exact) mass is 334 g/mol. The van der Waals surface area contributed by atoms with Crippen LogP contribution < -0.4 is 10.0 Å². The summed E-state index contributed by atoms with van der Waals surface area (Å²) in [6.45, 7) is 5.36. The molecule has 0 spiro atoms. The summed E-state index contributed by atoms with van der Waals surface area (Å²) in [5.74, 6) is 0. The van der Waals surface area contributed by atoms with Crippen LogP contribution in [-0.2, 0) is 10.0 Å². The summed E-state index contributed by atoms with van der Waals surface area (Å²) in [5.41, 5.74) is 0. The Morgan fingerprint density at radius 3 is 2.50 bits per heavy atom. The van der Waals surface area contributed by atoms with Crippen LogP contribution in [0.5, 0.6) is 0 Å². The van der Waals surface area contributed by atoms with Gasteiger partial charge in [-0.05, 0) is 41.0 Å². The molecule has 18 heavy (non-hydrogen) atoms. The zero-order valence-corrected chi connectivity index (χ0v) is 13.0. The van der Waals surface area contributed by atoms with Crippen molar-refractivity contribution in [2.24, 2.45) is 0 Å². The van der Waals surface area contributed by atoms with Gasteiger partial charge in [0.25, 0.3) is 0 Å². The maximum absolute atomic E-state index is 12.0. The van der Waals surface area contributed by atoms with Crippen LogP contribution in [0, 0.1) is 0 Å². The Morgan fingerprint density at radius 2 is 1.89 bits per heavy atom. The molecule has 0 fully saturated rings. The first-order valence-electron chi connectivity index (χ1n) is 5.91. The molecule has 0 saturated carbocycles. The van der Waals surface area contributed by atoms with Crippen molar-refractivity contribution in [1.82, 2.24) is 10.0 Å². The van der Waals surface area contributed by atoms with Gasteiger partial charge in [-0.2, -0.15) is 0 Å². The summed E-state index contributed by atoms with van der Waals surface area (Å²) in [4.78, 5) is 0.279. The van der Waals surface area contributed by atoms with Gasteiger partial charge in [-0.25, -0.2) is 13.1 Å². The molecular formula is C12H19BrN2O2S. The summed E-state index contributed by atoms with van der Waals surface area (Å²) < 4.78 is 27.2. The average molecular weight is 335 g/mol. The number of benzene rings is 1. The third-order valence-electron chi connectivity index (χ3n) is 2.32. The minimum absolute atomic E-state index is 0.279. The van der Waals surface area contributed by atoms with Gasteiger partial charge in [-0.3, -0.25) is 0 Å². The molecular weight excluding hydrogens is 316 g/mol. The second-order valence-electron chi connectivity index (χ2n) is 4.29. The SMILES string of the molecule is CC(C)NCCCNS(=O)(=O)c1ccccc1Br. The van der Waals surface area contributed by atoms with Crippen molar-refractivity contribution >= 4 is 26.0 Å². The molecule has 0 amide bonds. The van der Waals surface area contributed by atoms with Gasteiger partial charge in [-0.15, -0.1) is 0 Å².